The van der Waals surface area contributed by atoms with Crippen LogP contribution in [0.1, 0.15) is 41.6 Å². The summed E-state index contributed by atoms with van der Waals surface area (Å²) in [6.07, 6.45) is 2.21. The van der Waals surface area contributed by atoms with Gasteiger partial charge in [-0.25, -0.2) is 9.78 Å². The minimum absolute atomic E-state index is 0. The number of aryl methyl sites for hydroxylation is 2. The maximum atomic E-state index is 13.7. The van der Waals surface area contributed by atoms with Crippen LogP contribution in [0.4, 0.5) is 0 Å². The number of hydrogen-bond donors (Lipinski definition) is 1. The largest absolute Gasteiger partial charge is 0.439 e. The summed E-state index contributed by atoms with van der Waals surface area (Å²) in [6.45, 7) is 4.47. The van der Waals surface area contributed by atoms with Crippen molar-refractivity contribution in [3.05, 3.63) is 128 Å². The molecule has 0 aliphatic rings. The standard InChI is InChI=1S/C30H28N4O3.ClH/c1-3-9-27-31-20(2)26(18-21-10-5-4-6-11-21)29(35)34(27)19-22-14-16-23(17-15-22)24-12-7-8-13-25(24)28-32-30(36)37-33-28;/h4-8,10-17H,3,9,18-19H2,1-2H3,(H,32,33,36);1H. The summed E-state index contributed by atoms with van der Waals surface area (Å²) in [5.74, 6) is 0.607. The summed E-state index contributed by atoms with van der Waals surface area (Å²) in [7, 11) is 0. The third-order valence-electron chi connectivity index (χ3n) is 6.47. The number of H-pyrrole nitrogens is 1. The molecule has 3 aromatic carbocycles. The van der Waals surface area contributed by atoms with Crippen molar-refractivity contribution < 1.29 is 4.52 Å². The molecule has 0 spiro atoms. The van der Waals surface area contributed by atoms with Gasteiger partial charge in [0.2, 0.25) is 0 Å². The van der Waals surface area contributed by atoms with E-state index in [-0.39, 0.29) is 18.0 Å². The number of hydrogen-bond acceptors (Lipinski definition) is 5. The van der Waals surface area contributed by atoms with Crippen molar-refractivity contribution in [2.75, 3.05) is 0 Å². The number of benzene rings is 3. The van der Waals surface area contributed by atoms with Gasteiger partial charge in [0.25, 0.3) is 5.56 Å². The van der Waals surface area contributed by atoms with E-state index in [2.05, 4.69) is 17.1 Å². The number of nitrogens with one attached hydrogen (secondary N) is 1. The van der Waals surface area contributed by atoms with E-state index in [4.69, 9.17) is 9.51 Å². The van der Waals surface area contributed by atoms with Crippen LogP contribution in [-0.2, 0) is 19.4 Å². The maximum absolute atomic E-state index is 13.7. The molecule has 0 radical (unpaired) electrons. The summed E-state index contributed by atoms with van der Waals surface area (Å²) in [4.78, 5) is 32.6. The Balaban J connectivity index is 0.00000336. The smallest absolute Gasteiger partial charge is 0.296 e. The lowest BCUT2D eigenvalue weighted by molar-refractivity contribution is 0.388. The average Bonchev–Trinajstić information content (AvgIpc) is 3.36. The summed E-state index contributed by atoms with van der Waals surface area (Å²) < 4.78 is 6.51. The molecule has 0 bridgehead atoms. The molecule has 194 valence electrons. The molecule has 0 saturated heterocycles. The second-order valence-electron chi connectivity index (χ2n) is 9.08. The highest BCUT2D eigenvalue weighted by molar-refractivity contribution is 5.85. The SMILES string of the molecule is CCCc1nc(C)c(Cc2ccccc2)c(=O)n1Cc1ccc(-c2ccccc2-c2noc(=O)[nH]2)cc1.Cl. The molecule has 0 aliphatic heterocycles. The minimum atomic E-state index is -0.591. The van der Waals surface area contributed by atoms with E-state index in [0.717, 1.165) is 57.7 Å². The van der Waals surface area contributed by atoms with E-state index in [9.17, 15) is 9.59 Å². The molecule has 38 heavy (non-hydrogen) atoms. The van der Waals surface area contributed by atoms with Gasteiger partial charge in [0.05, 0.1) is 6.54 Å². The summed E-state index contributed by atoms with van der Waals surface area (Å²) >= 11 is 0. The van der Waals surface area contributed by atoms with Crippen LogP contribution in [0.3, 0.4) is 0 Å². The molecule has 5 aromatic rings. The molecule has 2 aromatic heterocycles. The Bertz CT molecular complexity index is 1640. The van der Waals surface area contributed by atoms with Crippen LogP contribution in [0, 0.1) is 6.92 Å². The first-order chi connectivity index (χ1) is 18.0. The Morgan fingerprint density at radius 1 is 0.868 bits per heavy atom. The van der Waals surface area contributed by atoms with Gasteiger partial charge in [0.1, 0.15) is 5.82 Å². The summed E-state index contributed by atoms with van der Waals surface area (Å²) in [5.41, 5.74) is 6.31. The fraction of sp³-hybridized carbons (Fsp3) is 0.200. The predicted molar refractivity (Wildman–Crippen MR) is 151 cm³/mol. The van der Waals surface area contributed by atoms with E-state index in [1.54, 1.807) is 0 Å². The fourth-order valence-corrected chi connectivity index (χ4v) is 4.60. The van der Waals surface area contributed by atoms with Gasteiger partial charge in [-0.15, -0.1) is 12.4 Å². The molecule has 0 atom stereocenters. The van der Waals surface area contributed by atoms with Gasteiger partial charge in [0.15, 0.2) is 5.82 Å². The lowest BCUT2D eigenvalue weighted by atomic mass is 9.98. The van der Waals surface area contributed by atoms with Crippen molar-refractivity contribution in [3.8, 4) is 22.5 Å². The monoisotopic (exact) mass is 528 g/mol. The van der Waals surface area contributed by atoms with Gasteiger partial charge in [-0.05, 0) is 35.6 Å². The molecule has 0 fully saturated rings. The van der Waals surface area contributed by atoms with Crippen molar-refractivity contribution in [1.82, 2.24) is 19.7 Å². The first-order valence-electron chi connectivity index (χ1n) is 12.4. The number of rotatable bonds is 8. The highest BCUT2D eigenvalue weighted by Crippen LogP contribution is 2.30. The zero-order chi connectivity index (χ0) is 25.8. The number of aromatic nitrogens is 4. The third-order valence-corrected chi connectivity index (χ3v) is 6.47. The quantitative estimate of drug-likeness (QED) is 0.284. The van der Waals surface area contributed by atoms with Crippen molar-refractivity contribution in [2.24, 2.45) is 0 Å². The molecule has 0 saturated carbocycles. The third kappa shape index (κ3) is 5.68. The number of aromatic amines is 1. The van der Waals surface area contributed by atoms with Gasteiger partial charge in [-0.2, -0.15) is 0 Å². The maximum Gasteiger partial charge on any atom is 0.439 e. The van der Waals surface area contributed by atoms with Crippen molar-refractivity contribution in [3.63, 3.8) is 0 Å². The van der Waals surface area contributed by atoms with Crippen LogP contribution in [0.2, 0.25) is 0 Å². The zero-order valence-corrected chi connectivity index (χ0v) is 22.1. The number of nitrogens with zero attached hydrogens (tertiary/aromatic N) is 3. The van der Waals surface area contributed by atoms with E-state index < -0.39 is 5.76 Å². The fourth-order valence-electron chi connectivity index (χ4n) is 4.60. The van der Waals surface area contributed by atoms with Crippen molar-refractivity contribution in [2.45, 2.75) is 39.7 Å². The lowest BCUT2D eigenvalue weighted by Crippen LogP contribution is -2.30. The Kier molecular flexibility index (Phi) is 8.38. The van der Waals surface area contributed by atoms with Crippen LogP contribution in [-0.4, -0.2) is 19.7 Å². The Labute approximate surface area is 226 Å². The Morgan fingerprint density at radius 3 is 2.21 bits per heavy atom. The highest BCUT2D eigenvalue weighted by atomic mass is 35.5. The van der Waals surface area contributed by atoms with Crippen LogP contribution in [0.25, 0.3) is 22.5 Å². The highest BCUT2D eigenvalue weighted by Gasteiger charge is 2.16. The van der Waals surface area contributed by atoms with Crippen LogP contribution < -0.4 is 11.3 Å². The number of halogens is 1. The van der Waals surface area contributed by atoms with Gasteiger partial charge < -0.3 is 0 Å². The molecule has 5 rings (SSSR count). The molecule has 8 heteroatoms. The second-order valence-corrected chi connectivity index (χ2v) is 9.08. The van der Waals surface area contributed by atoms with Gasteiger partial charge in [0, 0.05) is 29.7 Å². The average molecular weight is 529 g/mol. The van der Waals surface area contributed by atoms with E-state index >= 15 is 0 Å². The molecular weight excluding hydrogens is 500 g/mol. The molecular formula is C30H29ClN4O3. The molecule has 0 aliphatic carbocycles. The van der Waals surface area contributed by atoms with Crippen LogP contribution >= 0.6 is 12.4 Å². The first kappa shape index (κ1) is 26.8. The Hall–Kier alpha value is -4.23. The normalized spacial score (nSPS) is 10.8. The van der Waals surface area contributed by atoms with E-state index in [1.807, 2.05) is 90.4 Å². The van der Waals surface area contributed by atoms with Gasteiger partial charge in [-0.1, -0.05) is 90.9 Å². The van der Waals surface area contributed by atoms with Crippen molar-refractivity contribution in [1.29, 1.82) is 0 Å². The lowest BCUT2D eigenvalue weighted by Gasteiger charge is -2.16. The first-order valence-corrected chi connectivity index (χ1v) is 12.4. The van der Waals surface area contributed by atoms with E-state index in [0.29, 0.717) is 18.8 Å². The Morgan fingerprint density at radius 2 is 1.55 bits per heavy atom. The molecule has 0 unspecified atom stereocenters. The molecule has 7 nitrogen and oxygen atoms in total. The predicted octanol–water partition coefficient (Wildman–Crippen LogP) is 5.58. The molecule has 2 heterocycles. The van der Waals surface area contributed by atoms with E-state index in [1.165, 1.54) is 0 Å². The van der Waals surface area contributed by atoms with Crippen LogP contribution in [0.15, 0.2) is 93.0 Å². The van der Waals surface area contributed by atoms with Gasteiger partial charge in [-0.3, -0.25) is 18.9 Å². The molecule has 0 amide bonds. The second kappa shape index (κ2) is 11.9. The van der Waals surface area contributed by atoms with Crippen molar-refractivity contribution >= 4 is 12.4 Å². The topological polar surface area (TPSA) is 93.8 Å². The molecule has 1 N–H and O–H groups in total. The van der Waals surface area contributed by atoms with Gasteiger partial charge >= 0.3 is 5.76 Å². The summed E-state index contributed by atoms with van der Waals surface area (Å²) in [6, 6.07) is 25.8. The van der Waals surface area contributed by atoms with Crippen LogP contribution in [0.5, 0.6) is 0 Å². The zero-order valence-electron chi connectivity index (χ0n) is 21.3. The minimum Gasteiger partial charge on any atom is -0.296 e. The summed E-state index contributed by atoms with van der Waals surface area (Å²) in [5, 5.41) is 3.84.